The third-order valence-electron chi connectivity index (χ3n) is 6.33. The molecular formula is C26H25FN2O5. The van der Waals surface area contributed by atoms with Gasteiger partial charge in [0.05, 0.1) is 30.6 Å². The topological polar surface area (TPSA) is 88.1 Å². The van der Waals surface area contributed by atoms with Gasteiger partial charge in [-0.25, -0.2) is 4.39 Å². The van der Waals surface area contributed by atoms with Gasteiger partial charge in [-0.05, 0) is 55.8 Å². The molecule has 0 saturated carbocycles. The number of ether oxygens (including phenoxy) is 2. The summed E-state index contributed by atoms with van der Waals surface area (Å²) in [6.07, 6.45) is 1.47. The molecule has 34 heavy (non-hydrogen) atoms. The monoisotopic (exact) mass is 464 g/mol. The first kappa shape index (κ1) is 22.3. The van der Waals surface area contributed by atoms with Crippen LogP contribution in [0.3, 0.4) is 0 Å². The Hall–Kier alpha value is -3.49. The third-order valence-corrected chi connectivity index (χ3v) is 6.33. The van der Waals surface area contributed by atoms with Gasteiger partial charge >= 0.3 is 0 Å². The van der Waals surface area contributed by atoms with Crippen LogP contribution in [0.2, 0.25) is 0 Å². The number of allylic oxidation sites excluding steroid dienone is 1. The average Bonchev–Trinajstić information content (AvgIpc) is 3.32. The van der Waals surface area contributed by atoms with Gasteiger partial charge in [0.2, 0.25) is 0 Å². The quantitative estimate of drug-likeness (QED) is 0.681. The molecule has 3 heterocycles. The number of carbonyl (C=O) groups excluding carboxylic acids is 2. The average molecular weight is 464 g/mol. The lowest BCUT2D eigenvalue weighted by Crippen LogP contribution is -2.46. The zero-order chi connectivity index (χ0) is 24.0. The first-order chi connectivity index (χ1) is 16.3. The summed E-state index contributed by atoms with van der Waals surface area (Å²) in [4.78, 5) is 27.2. The van der Waals surface area contributed by atoms with E-state index in [1.807, 2.05) is 32.1 Å². The van der Waals surface area contributed by atoms with Crippen molar-refractivity contribution in [2.45, 2.75) is 25.6 Å². The van der Waals surface area contributed by atoms with Crippen LogP contribution in [-0.4, -0.2) is 59.8 Å². The van der Waals surface area contributed by atoms with Crippen LogP contribution >= 0.6 is 0 Å². The van der Waals surface area contributed by atoms with E-state index in [9.17, 15) is 19.1 Å². The number of halogens is 1. The highest BCUT2D eigenvalue weighted by Gasteiger charge is 2.38. The fourth-order valence-corrected chi connectivity index (χ4v) is 4.60. The van der Waals surface area contributed by atoms with E-state index in [0.717, 1.165) is 11.1 Å². The molecule has 3 aliphatic rings. The number of morpholine rings is 1. The number of amides is 2. The molecule has 5 rings (SSSR count). The van der Waals surface area contributed by atoms with Crippen LogP contribution in [0.1, 0.15) is 35.3 Å². The predicted octanol–water partition coefficient (Wildman–Crippen LogP) is 3.21. The van der Waals surface area contributed by atoms with Crippen molar-refractivity contribution in [3.63, 3.8) is 0 Å². The van der Waals surface area contributed by atoms with Gasteiger partial charge in [-0.2, -0.15) is 0 Å². The molecule has 2 N–H and O–H groups in total. The van der Waals surface area contributed by atoms with Crippen molar-refractivity contribution in [3.8, 4) is 0 Å². The molecule has 3 aliphatic heterocycles. The number of anilines is 1. The first-order valence-electron chi connectivity index (χ1n) is 11.2. The largest absolute Gasteiger partial charge is 0.482 e. The zero-order valence-electron chi connectivity index (χ0n) is 18.9. The molecule has 0 aliphatic carbocycles. The molecule has 1 fully saturated rings. The van der Waals surface area contributed by atoms with Crippen LogP contribution in [0.15, 0.2) is 54.3 Å². The molecule has 0 bridgehead atoms. The van der Waals surface area contributed by atoms with E-state index < -0.39 is 11.4 Å². The van der Waals surface area contributed by atoms with Gasteiger partial charge < -0.3 is 24.8 Å². The molecule has 2 aromatic carbocycles. The summed E-state index contributed by atoms with van der Waals surface area (Å²) in [5, 5.41) is 12.0. The Morgan fingerprint density at radius 1 is 1.24 bits per heavy atom. The number of aliphatic hydroxyl groups is 1. The van der Waals surface area contributed by atoms with Crippen LogP contribution in [0.4, 0.5) is 10.1 Å². The summed E-state index contributed by atoms with van der Waals surface area (Å²) in [5.41, 5.74) is 2.96. The first-order valence-corrected chi connectivity index (χ1v) is 11.2. The van der Waals surface area contributed by atoms with Crippen LogP contribution in [-0.2, 0) is 14.3 Å². The Kier molecular flexibility index (Phi) is 5.50. The highest BCUT2D eigenvalue weighted by atomic mass is 19.1. The molecule has 2 amide bonds. The number of carbonyl (C=O) groups is 2. The van der Waals surface area contributed by atoms with Gasteiger partial charge in [0.1, 0.15) is 17.2 Å². The van der Waals surface area contributed by atoms with E-state index in [1.54, 1.807) is 23.1 Å². The summed E-state index contributed by atoms with van der Waals surface area (Å²) in [7, 11) is 0. The fraction of sp³-hybridized carbons (Fsp3) is 0.308. The van der Waals surface area contributed by atoms with Gasteiger partial charge in [0.15, 0.2) is 0 Å². The van der Waals surface area contributed by atoms with Gasteiger partial charge in [-0.1, -0.05) is 12.1 Å². The van der Waals surface area contributed by atoms with E-state index in [-0.39, 0.29) is 24.5 Å². The van der Waals surface area contributed by atoms with Crippen LogP contribution in [0.5, 0.6) is 0 Å². The van der Waals surface area contributed by atoms with Crippen molar-refractivity contribution in [2.24, 2.45) is 0 Å². The lowest BCUT2D eigenvalue weighted by molar-refractivity contribution is -0.111. The van der Waals surface area contributed by atoms with Crippen LogP contribution in [0, 0.1) is 5.82 Å². The van der Waals surface area contributed by atoms with E-state index >= 15 is 0 Å². The number of hydrogen-bond acceptors (Lipinski definition) is 5. The minimum absolute atomic E-state index is 0.113. The van der Waals surface area contributed by atoms with Crippen molar-refractivity contribution in [1.82, 2.24) is 4.90 Å². The lowest BCUT2D eigenvalue weighted by Gasteiger charge is -2.32. The van der Waals surface area contributed by atoms with Crippen molar-refractivity contribution in [2.75, 3.05) is 31.6 Å². The number of benzene rings is 2. The second-order valence-electron chi connectivity index (χ2n) is 9.06. The van der Waals surface area contributed by atoms with Gasteiger partial charge in [0, 0.05) is 29.8 Å². The number of nitrogens with one attached hydrogen (secondary N) is 1. The maximum atomic E-state index is 13.6. The fourth-order valence-electron chi connectivity index (χ4n) is 4.60. The maximum Gasteiger partial charge on any atom is 0.260 e. The Balaban J connectivity index is 1.44. The molecule has 8 heteroatoms. The highest BCUT2D eigenvalue weighted by molar-refractivity contribution is 6.32. The third kappa shape index (κ3) is 3.89. The van der Waals surface area contributed by atoms with Crippen molar-refractivity contribution < 1.29 is 28.6 Å². The van der Waals surface area contributed by atoms with Gasteiger partial charge in [0.25, 0.3) is 11.8 Å². The predicted molar refractivity (Wildman–Crippen MR) is 124 cm³/mol. The van der Waals surface area contributed by atoms with E-state index in [2.05, 4.69) is 5.32 Å². The van der Waals surface area contributed by atoms with Gasteiger partial charge in [-0.15, -0.1) is 0 Å². The summed E-state index contributed by atoms with van der Waals surface area (Å²) >= 11 is 0. The standard InChI is InChI=1S/C26H25FN2O5/c1-26(2)20(12-22(34-26)23-19-8-7-17(27)11-21(19)28-24(23)31)15-3-5-16(6-4-15)25(32)29-9-10-33-18(13-29)14-30/h3-8,11-12,18,30H,9-10,13-14H2,1-2H3,(H,28,31)/b23-22+. The number of aliphatic hydroxyl groups excluding tert-OH is 1. The highest BCUT2D eigenvalue weighted by Crippen LogP contribution is 2.44. The van der Waals surface area contributed by atoms with E-state index in [0.29, 0.717) is 47.8 Å². The normalized spacial score (nSPS) is 23.3. The summed E-state index contributed by atoms with van der Waals surface area (Å²) < 4.78 is 25.2. The second kappa shape index (κ2) is 8.38. The maximum absolute atomic E-state index is 13.6. The SMILES string of the molecule is CC1(C)O/C(=C2/C(=O)Nc3cc(F)ccc32)C=C1c1ccc(C(=O)N2CCOC(CO)C2)cc1. The van der Waals surface area contributed by atoms with Crippen LogP contribution in [0.25, 0.3) is 11.1 Å². The van der Waals surface area contributed by atoms with Gasteiger partial charge in [-0.3, -0.25) is 9.59 Å². The molecule has 0 aromatic heterocycles. The number of hydrogen-bond donors (Lipinski definition) is 2. The number of fused-ring (bicyclic) bond motifs is 1. The van der Waals surface area contributed by atoms with Crippen molar-refractivity contribution >= 4 is 28.6 Å². The van der Waals surface area contributed by atoms with E-state index in [4.69, 9.17) is 9.47 Å². The summed E-state index contributed by atoms with van der Waals surface area (Å²) in [6, 6.07) is 11.4. The summed E-state index contributed by atoms with van der Waals surface area (Å²) in [6.45, 7) is 4.93. The second-order valence-corrected chi connectivity index (χ2v) is 9.06. The zero-order valence-corrected chi connectivity index (χ0v) is 18.9. The molecule has 1 atom stereocenters. The molecule has 0 radical (unpaired) electrons. The molecule has 1 unspecified atom stereocenters. The Morgan fingerprint density at radius 2 is 2.00 bits per heavy atom. The smallest absolute Gasteiger partial charge is 0.260 e. The Labute approximate surface area is 196 Å². The minimum Gasteiger partial charge on any atom is -0.482 e. The Morgan fingerprint density at radius 3 is 2.74 bits per heavy atom. The Bertz CT molecular complexity index is 1230. The lowest BCUT2D eigenvalue weighted by atomic mass is 9.91. The van der Waals surface area contributed by atoms with E-state index in [1.165, 1.54) is 12.1 Å². The molecular weight excluding hydrogens is 439 g/mol. The molecule has 176 valence electrons. The number of rotatable bonds is 3. The minimum atomic E-state index is -0.713. The molecule has 7 nitrogen and oxygen atoms in total. The van der Waals surface area contributed by atoms with Crippen molar-refractivity contribution in [1.29, 1.82) is 0 Å². The summed E-state index contributed by atoms with van der Waals surface area (Å²) in [5.74, 6) is -0.450. The molecule has 1 saturated heterocycles. The number of nitrogens with zero attached hydrogens (tertiary/aromatic N) is 1. The molecule has 0 spiro atoms. The van der Waals surface area contributed by atoms with Crippen LogP contribution < -0.4 is 5.32 Å². The molecule has 2 aromatic rings. The van der Waals surface area contributed by atoms with Crippen molar-refractivity contribution in [3.05, 3.63) is 76.8 Å².